The lowest BCUT2D eigenvalue weighted by molar-refractivity contribution is 0.0430. The van der Waals surface area contributed by atoms with Crippen molar-refractivity contribution in [1.82, 2.24) is 4.90 Å². The lowest BCUT2D eigenvalue weighted by Gasteiger charge is -2.27. The van der Waals surface area contributed by atoms with Gasteiger partial charge in [0.1, 0.15) is 6.29 Å². The molecule has 0 radical (unpaired) electrons. The quantitative estimate of drug-likeness (QED) is 0.557. The topological polar surface area (TPSA) is 59.0 Å². The first-order valence-corrected chi connectivity index (χ1v) is 7.17. The van der Waals surface area contributed by atoms with Gasteiger partial charge in [-0.15, -0.1) is 0 Å². The van der Waals surface area contributed by atoms with Gasteiger partial charge in [-0.2, -0.15) is 0 Å². The van der Waals surface area contributed by atoms with E-state index in [4.69, 9.17) is 9.26 Å². The van der Waals surface area contributed by atoms with Crippen molar-refractivity contribution in [3.05, 3.63) is 0 Å². The van der Waals surface area contributed by atoms with Crippen LogP contribution in [0.5, 0.6) is 0 Å². The normalized spacial score (nSPS) is 22.5. The highest BCUT2D eigenvalue weighted by atomic mass is 31.2. The molecule has 6 heteroatoms. The highest BCUT2D eigenvalue weighted by Gasteiger charge is 2.24. The molecule has 5 nitrogen and oxygen atoms in total. The fraction of sp³-hybridized carbons (Fsp3) is 1.00. The summed E-state index contributed by atoms with van der Waals surface area (Å²) in [5, 5.41) is 0. The molecule has 90 valence electrons. The zero-order valence-corrected chi connectivity index (χ0v) is 10.1. The van der Waals surface area contributed by atoms with Gasteiger partial charge in [-0.3, -0.25) is 9.46 Å². The molecule has 0 aromatic heterocycles. The number of hydrogen-bond donors (Lipinski definition) is 1. The lowest BCUT2D eigenvalue weighted by Crippen LogP contribution is -2.36. The van der Waals surface area contributed by atoms with Crippen molar-refractivity contribution in [1.29, 1.82) is 0 Å². The number of unbranched alkanes of at least 4 members (excludes halogenated alkanes) is 1. The Bertz CT molecular complexity index is 218. The maximum absolute atomic E-state index is 11.6. The van der Waals surface area contributed by atoms with E-state index in [0.29, 0.717) is 32.9 Å². The Balaban J connectivity index is 2.24. The number of hydrogen-bond acceptors (Lipinski definition) is 4. The highest BCUT2D eigenvalue weighted by molar-refractivity contribution is 7.52. The predicted molar refractivity (Wildman–Crippen MR) is 57.9 cm³/mol. The summed E-state index contributed by atoms with van der Waals surface area (Å²) in [4.78, 5) is 11.5. The molecule has 1 saturated heterocycles. The summed E-state index contributed by atoms with van der Waals surface area (Å²) in [6.45, 7) is 5.08. The van der Waals surface area contributed by atoms with E-state index in [9.17, 15) is 9.46 Å². The summed E-state index contributed by atoms with van der Waals surface area (Å²) in [5.41, 5.74) is 0. The van der Waals surface area contributed by atoms with Crippen LogP contribution in [0, 0.1) is 0 Å². The molecule has 0 aromatic rings. The number of ether oxygens (including phenoxy) is 1. The molecule has 1 rings (SSSR count). The van der Waals surface area contributed by atoms with Gasteiger partial charge in [-0.1, -0.05) is 13.3 Å². The molecule has 0 bridgehead atoms. The van der Waals surface area contributed by atoms with Gasteiger partial charge in [0.15, 0.2) is 0 Å². The van der Waals surface area contributed by atoms with Gasteiger partial charge in [-0.25, -0.2) is 0 Å². The summed E-state index contributed by atoms with van der Waals surface area (Å²) in [5.74, 6) is 0. The Morgan fingerprint density at radius 1 is 1.47 bits per heavy atom. The minimum Gasteiger partial charge on any atom is -0.379 e. The molecular formula is C9H20NO4P. The third-order valence-electron chi connectivity index (χ3n) is 2.27. The summed E-state index contributed by atoms with van der Waals surface area (Å²) < 4.78 is 21.8. The summed E-state index contributed by atoms with van der Waals surface area (Å²) in [7, 11) is -3.42. The molecule has 1 aliphatic rings. The SMILES string of the molecule is CCCCOP(=O)(O)CN1CCOCC1. The monoisotopic (exact) mass is 237 g/mol. The summed E-state index contributed by atoms with van der Waals surface area (Å²) in [6.07, 6.45) is 1.92. The number of morpholine rings is 1. The first-order chi connectivity index (χ1) is 7.14. The van der Waals surface area contributed by atoms with Crippen LogP contribution in [0.3, 0.4) is 0 Å². The molecule has 0 amide bonds. The van der Waals surface area contributed by atoms with Crippen LogP contribution in [0.4, 0.5) is 0 Å². The van der Waals surface area contributed by atoms with E-state index in [1.165, 1.54) is 0 Å². The Hall–Kier alpha value is 0.0700. The molecule has 1 unspecified atom stereocenters. The molecule has 1 heterocycles. The number of rotatable bonds is 6. The van der Waals surface area contributed by atoms with Crippen LogP contribution >= 0.6 is 7.60 Å². The van der Waals surface area contributed by atoms with E-state index in [2.05, 4.69) is 0 Å². The van der Waals surface area contributed by atoms with Gasteiger partial charge >= 0.3 is 7.60 Å². The second-order valence-electron chi connectivity index (χ2n) is 3.70. The Labute approximate surface area is 90.9 Å². The molecule has 1 N–H and O–H groups in total. The molecule has 0 spiro atoms. The van der Waals surface area contributed by atoms with Gasteiger partial charge in [-0.05, 0) is 6.42 Å². The maximum atomic E-state index is 11.6. The average molecular weight is 237 g/mol. The minimum atomic E-state index is -3.42. The molecule has 0 aromatic carbocycles. The van der Waals surface area contributed by atoms with Gasteiger partial charge in [0.2, 0.25) is 0 Å². The van der Waals surface area contributed by atoms with Crippen molar-refractivity contribution >= 4 is 7.60 Å². The standard InChI is InChI=1S/C9H20NO4P/c1-2-3-6-14-15(11,12)9-10-4-7-13-8-5-10/h2-9H2,1H3,(H,11,12). The first kappa shape index (κ1) is 13.1. The third-order valence-corrected chi connectivity index (χ3v) is 3.62. The minimum absolute atomic E-state index is 0.125. The summed E-state index contributed by atoms with van der Waals surface area (Å²) >= 11 is 0. The second kappa shape index (κ2) is 6.61. The van der Waals surface area contributed by atoms with Crippen molar-refractivity contribution < 1.29 is 18.7 Å². The Kier molecular flexibility index (Phi) is 5.79. The van der Waals surface area contributed by atoms with E-state index < -0.39 is 7.60 Å². The van der Waals surface area contributed by atoms with E-state index in [1.807, 2.05) is 11.8 Å². The largest absolute Gasteiger partial charge is 0.379 e. The van der Waals surface area contributed by atoms with Crippen LogP contribution in [0.1, 0.15) is 19.8 Å². The zero-order chi connectivity index (χ0) is 11.1. The van der Waals surface area contributed by atoms with Crippen LogP contribution in [-0.4, -0.2) is 49.0 Å². The van der Waals surface area contributed by atoms with Gasteiger partial charge in [0.05, 0.1) is 19.8 Å². The molecular weight excluding hydrogens is 217 g/mol. The van der Waals surface area contributed by atoms with Gasteiger partial charge < -0.3 is 14.2 Å². The fourth-order valence-corrected chi connectivity index (χ4v) is 2.67. The summed E-state index contributed by atoms with van der Waals surface area (Å²) in [6, 6.07) is 0. The van der Waals surface area contributed by atoms with Crippen LogP contribution in [-0.2, 0) is 13.8 Å². The molecule has 15 heavy (non-hydrogen) atoms. The molecule has 0 saturated carbocycles. The number of nitrogens with zero attached hydrogens (tertiary/aromatic N) is 1. The van der Waals surface area contributed by atoms with Crippen LogP contribution < -0.4 is 0 Å². The first-order valence-electron chi connectivity index (χ1n) is 5.40. The molecule has 1 aliphatic heterocycles. The zero-order valence-electron chi connectivity index (χ0n) is 9.22. The Morgan fingerprint density at radius 3 is 2.73 bits per heavy atom. The third kappa shape index (κ3) is 5.64. The van der Waals surface area contributed by atoms with E-state index in [0.717, 1.165) is 12.8 Å². The van der Waals surface area contributed by atoms with Gasteiger partial charge in [0, 0.05) is 13.1 Å². The van der Waals surface area contributed by atoms with Crippen LogP contribution in [0.15, 0.2) is 0 Å². The molecule has 0 aliphatic carbocycles. The average Bonchev–Trinajstić information content (AvgIpc) is 2.18. The smallest absolute Gasteiger partial charge is 0.341 e. The van der Waals surface area contributed by atoms with E-state index in [1.54, 1.807) is 0 Å². The van der Waals surface area contributed by atoms with E-state index >= 15 is 0 Å². The van der Waals surface area contributed by atoms with Crippen molar-refractivity contribution in [2.45, 2.75) is 19.8 Å². The second-order valence-corrected chi connectivity index (χ2v) is 5.51. The molecule has 1 fully saturated rings. The highest BCUT2D eigenvalue weighted by Crippen LogP contribution is 2.42. The predicted octanol–water partition coefficient (Wildman–Crippen LogP) is 1.28. The fourth-order valence-electron chi connectivity index (χ4n) is 1.39. The maximum Gasteiger partial charge on any atom is 0.341 e. The van der Waals surface area contributed by atoms with Crippen molar-refractivity contribution in [2.24, 2.45) is 0 Å². The Morgan fingerprint density at radius 2 is 2.13 bits per heavy atom. The van der Waals surface area contributed by atoms with Gasteiger partial charge in [0.25, 0.3) is 0 Å². The van der Waals surface area contributed by atoms with Crippen molar-refractivity contribution in [2.75, 3.05) is 39.2 Å². The van der Waals surface area contributed by atoms with Crippen molar-refractivity contribution in [3.63, 3.8) is 0 Å². The lowest BCUT2D eigenvalue weighted by atomic mass is 10.4. The van der Waals surface area contributed by atoms with Crippen LogP contribution in [0.2, 0.25) is 0 Å². The molecule has 1 atom stereocenters. The van der Waals surface area contributed by atoms with Crippen molar-refractivity contribution in [3.8, 4) is 0 Å². The van der Waals surface area contributed by atoms with E-state index in [-0.39, 0.29) is 6.29 Å². The van der Waals surface area contributed by atoms with Crippen LogP contribution in [0.25, 0.3) is 0 Å².